The van der Waals surface area contributed by atoms with E-state index in [1.807, 2.05) is 19.1 Å². The molecule has 0 aliphatic rings. The minimum atomic E-state index is -0.507. The largest absolute Gasteiger partial charge is 0.339 e. The van der Waals surface area contributed by atoms with Crippen LogP contribution in [0.25, 0.3) is 0 Å². The van der Waals surface area contributed by atoms with E-state index >= 15 is 0 Å². The van der Waals surface area contributed by atoms with E-state index in [-0.39, 0.29) is 18.7 Å². The zero-order valence-corrected chi connectivity index (χ0v) is 10.4. The van der Waals surface area contributed by atoms with Crippen LogP contribution < -0.4 is 5.73 Å². The zero-order valence-electron chi connectivity index (χ0n) is 10.4. The topological polar surface area (TPSA) is 93.9 Å². The van der Waals surface area contributed by atoms with Crippen LogP contribution >= 0.6 is 0 Å². The maximum absolute atomic E-state index is 11.9. The van der Waals surface area contributed by atoms with Crippen molar-refractivity contribution in [1.29, 1.82) is 10.5 Å². The molecule has 0 aromatic rings. The van der Waals surface area contributed by atoms with E-state index in [1.54, 1.807) is 0 Å². The molecule has 0 saturated heterocycles. The van der Waals surface area contributed by atoms with Gasteiger partial charge in [-0.1, -0.05) is 19.8 Å². The Morgan fingerprint density at radius 2 is 1.82 bits per heavy atom. The second kappa shape index (κ2) is 9.62. The number of rotatable bonds is 8. The Morgan fingerprint density at radius 3 is 2.24 bits per heavy atom. The fourth-order valence-electron chi connectivity index (χ4n) is 1.48. The Bertz CT molecular complexity index is 285. The van der Waals surface area contributed by atoms with Crippen LogP contribution in [0.3, 0.4) is 0 Å². The monoisotopic (exact) mass is 236 g/mol. The quantitative estimate of drug-likeness (QED) is 0.684. The van der Waals surface area contributed by atoms with Gasteiger partial charge in [-0.05, 0) is 6.42 Å². The number of nitrogens with two attached hydrogens (primary N) is 1. The molecule has 0 aromatic carbocycles. The molecule has 0 unspecified atom stereocenters. The molecule has 0 saturated carbocycles. The smallest absolute Gasteiger partial charge is 0.239 e. The van der Waals surface area contributed by atoms with Crippen molar-refractivity contribution < 1.29 is 4.79 Å². The maximum Gasteiger partial charge on any atom is 0.239 e. The number of hydrogen-bond acceptors (Lipinski definition) is 4. The van der Waals surface area contributed by atoms with Gasteiger partial charge in [-0.15, -0.1) is 0 Å². The summed E-state index contributed by atoms with van der Waals surface area (Å²) in [4.78, 5) is 13.5. The van der Waals surface area contributed by atoms with Gasteiger partial charge in [0.1, 0.15) is 0 Å². The van der Waals surface area contributed by atoms with Crippen molar-refractivity contribution in [3.63, 3.8) is 0 Å². The molecule has 0 rings (SSSR count). The normalized spacial score (nSPS) is 11.3. The molecule has 5 nitrogen and oxygen atoms in total. The molecule has 94 valence electrons. The Labute approximate surface area is 103 Å². The molecule has 0 aromatic heterocycles. The predicted molar refractivity (Wildman–Crippen MR) is 64.5 cm³/mol. The molecule has 0 radical (unpaired) electrons. The van der Waals surface area contributed by atoms with Crippen LogP contribution in [0.5, 0.6) is 0 Å². The number of unbranched alkanes of at least 4 members (excludes halogenated alkanes) is 1. The molecule has 0 bridgehead atoms. The van der Waals surface area contributed by atoms with Gasteiger partial charge < -0.3 is 10.6 Å². The maximum atomic E-state index is 11.9. The van der Waals surface area contributed by atoms with Crippen LogP contribution in [-0.2, 0) is 4.79 Å². The first-order chi connectivity index (χ1) is 8.17. The minimum absolute atomic E-state index is 0.149. The third-order valence-corrected chi connectivity index (χ3v) is 2.48. The van der Waals surface area contributed by atoms with Crippen molar-refractivity contribution in [2.75, 3.05) is 13.1 Å². The van der Waals surface area contributed by atoms with Gasteiger partial charge in [0, 0.05) is 13.1 Å². The highest BCUT2D eigenvalue weighted by Crippen LogP contribution is 2.04. The van der Waals surface area contributed by atoms with E-state index in [9.17, 15) is 4.79 Å². The summed E-state index contributed by atoms with van der Waals surface area (Å²) in [7, 11) is 0. The lowest BCUT2D eigenvalue weighted by atomic mass is 10.1. The molecule has 5 heteroatoms. The predicted octanol–water partition coefficient (Wildman–Crippen LogP) is 1.16. The standard InChI is InChI=1S/C12H20N4O/c1-2-3-6-11(15)12(17)16(9-4-7-13)10-5-8-14/h11H,2-6,9-10,15H2,1H3/t11-/m0/s1. The van der Waals surface area contributed by atoms with E-state index in [0.717, 1.165) is 12.8 Å². The van der Waals surface area contributed by atoms with Gasteiger partial charge in [-0.2, -0.15) is 10.5 Å². The van der Waals surface area contributed by atoms with Gasteiger partial charge in [-0.25, -0.2) is 0 Å². The van der Waals surface area contributed by atoms with Crippen LogP contribution in [0.2, 0.25) is 0 Å². The Morgan fingerprint density at radius 1 is 1.29 bits per heavy atom. The van der Waals surface area contributed by atoms with Gasteiger partial charge in [0.2, 0.25) is 5.91 Å². The lowest BCUT2D eigenvalue weighted by Crippen LogP contribution is -2.44. The van der Waals surface area contributed by atoms with E-state index in [1.165, 1.54) is 4.90 Å². The zero-order chi connectivity index (χ0) is 13.1. The van der Waals surface area contributed by atoms with Gasteiger partial charge in [0.15, 0.2) is 0 Å². The molecule has 0 heterocycles. The molecule has 0 spiro atoms. The van der Waals surface area contributed by atoms with E-state index < -0.39 is 6.04 Å². The number of carbonyl (C=O) groups is 1. The third kappa shape index (κ3) is 6.55. The molecule has 0 aliphatic carbocycles. The van der Waals surface area contributed by atoms with Crippen molar-refractivity contribution in [1.82, 2.24) is 4.90 Å². The average Bonchev–Trinajstić information content (AvgIpc) is 2.35. The Balaban J connectivity index is 4.30. The molecular formula is C12H20N4O. The lowest BCUT2D eigenvalue weighted by molar-refractivity contribution is -0.132. The summed E-state index contributed by atoms with van der Waals surface area (Å²) in [6, 6.07) is 3.48. The molecule has 1 atom stereocenters. The Hall–Kier alpha value is -1.59. The summed E-state index contributed by atoms with van der Waals surface area (Å²) in [6.45, 7) is 2.76. The molecule has 1 amide bonds. The van der Waals surface area contributed by atoms with Gasteiger partial charge in [-0.3, -0.25) is 4.79 Å². The highest BCUT2D eigenvalue weighted by atomic mass is 16.2. The molecule has 17 heavy (non-hydrogen) atoms. The van der Waals surface area contributed by atoms with E-state index in [2.05, 4.69) is 0 Å². The summed E-state index contributed by atoms with van der Waals surface area (Å²) in [6.07, 6.45) is 3.12. The van der Waals surface area contributed by atoms with Crippen molar-refractivity contribution >= 4 is 5.91 Å². The van der Waals surface area contributed by atoms with Crippen molar-refractivity contribution in [3.05, 3.63) is 0 Å². The second-order valence-corrected chi connectivity index (χ2v) is 3.89. The summed E-state index contributed by atoms with van der Waals surface area (Å²) in [5.41, 5.74) is 5.79. The molecule has 0 fully saturated rings. The second-order valence-electron chi connectivity index (χ2n) is 3.89. The van der Waals surface area contributed by atoms with Gasteiger partial charge in [0.25, 0.3) is 0 Å². The molecule has 2 N–H and O–H groups in total. The van der Waals surface area contributed by atoms with Crippen molar-refractivity contribution in [3.8, 4) is 12.1 Å². The first-order valence-corrected chi connectivity index (χ1v) is 5.95. The SMILES string of the molecule is CCCC[C@H](N)C(=O)N(CCC#N)CCC#N. The summed E-state index contributed by atoms with van der Waals surface area (Å²) >= 11 is 0. The lowest BCUT2D eigenvalue weighted by Gasteiger charge is -2.23. The van der Waals surface area contributed by atoms with Crippen LogP contribution in [-0.4, -0.2) is 29.9 Å². The number of nitrogens with zero attached hydrogens (tertiary/aromatic N) is 3. The third-order valence-electron chi connectivity index (χ3n) is 2.48. The first kappa shape index (κ1) is 15.4. The number of amides is 1. The highest BCUT2D eigenvalue weighted by Gasteiger charge is 2.19. The van der Waals surface area contributed by atoms with E-state index in [0.29, 0.717) is 19.5 Å². The first-order valence-electron chi connectivity index (χ1n) is 5.95. The molecule has 0 aliphatic heterocycles. The average molecular weight is 236 g/mol. The van der Waals surface area contributed by atoms with E-state index in [4.69, 9.17) is 16.3 Å². The Kier molecular flexibility index (Phi) is 8.72. The van der Waals surface area contributed by atoms with Crippen LogP contribution in [0, 0.1) is 22.7 Å². The van der Waals surface area contributed by atoms with Crippen LogP contribution in [0.4, 0.5) is 0 Å². The summed E-state index contributed by atoms with van der Waals surface area (Å²) in [5.74, 6) is -0.149. The number of nitriles is 2. The minimum Gasteiger partial charge on any atom is -0.339 e. The summed E-state index contributed by atoms with van der Waals surface area (Å²) in [5, 5.41) is 17.0. The van der Waals surface area contributed by atoms with Crippen molar-refractivity contribution in [2.24, 2.45) is 5.73 Å². The van der Waals surface area contributed by atoms with Gasteiger partial charge in [0.05, 0.1) is 31.0 Å². The van der Waals surface area contributed by atoms with Crippen LogP contribution in [0.1, 0.15) is 39.0 Å². The fraction of sp³-hybridized carbons (Fsp3) is 0.750. The summed E-state index contributed by atoms with van der Waals surface area (Å²) < 4.78 is 0. The number of hydrogen-bond donors (Lipinski definition) is 1. The van der Waals surface area contributed by atoms with Crippen LogP contribution in [0.15, 0.2) is 0 Å². The highest BCUT2D eigenvalue weighted by molar-refractivity contribution is 5.81. The van der Waals surface area contributed by atoms with Gasteiger partial charge >= 0.3 is 0 Å². The fourth-order valence-corrected chi connectivity index (χ4v) is 1.48. The molecular weight excluding hydrogens is 216 g/mol. The number of carbonyl (C=O) groups excluding carboxylic acids is 1. The van der Waals surface area contributed by atoms with Crippen molar-refractivity contribution in [2.45, 2.75) is 45.1 Å².